The van der Waals surface area contributed by atoms with Gasteiger partial charge in [-0.1, -0.05) is 60.5 Å². The van der Waals surface area contributed by atoms with Gasteiger partial charge in [0.1, 0.15) is 0 Å². The van der Waals surface area contributed by atoms with Crippen molar-refractivity contribution in [1.29, 1.82) is 0 Å². The van der Waals surface area contributed by atoms with Crippen molar-refractivity contribution in [3.8, 4) is 0 Å². The quantitative estimate of drug-likeness (QED) is 0.830. The minimum atomic E-state index is 0.312. The van der Waals surface area contributed by atoms with E-state index in [0.717, 1.165) is 12.5 Å². The molecule has 2 aromatic carbocycles. The Bertz CT molecular complexity index is 584. The molecule has 110 valence electrons. The van der Waals surface area contributed by atoms with Crippen LogP contribution >= 0.6 is 0 Å². The highest BCUT2D eigenvalue weighted by Crippen LogP contribution is 2.29. The van der Waals surface area contributed by atoms with Gasteiger partial charge in [0, 0.05) is 0 Å². The van der Waals surface area contributed by atoms with Crippen LogP contribution in [0.2, 0.25) is 0 Å². The molecule has 1 fully saturated rings. The molecule has 2 aromatic rings. The normalized spacial score (nSPS) is 16.5. The van der Waals surface area contributed by atoms with Gasteiger partial charge in [-0.2, -0.15) is 0 Å². The van der Waals surface area contributed by atoms with Crippen molar-refractivity contribution in [1.82, 2.24) is 5.32 Å². The number of aryl methyl sites for hydroxylation is 2. The van der Waals surface area contributed by atoms with Gasteiger partial charge in [-0.3, -0.25) is 0 Å². The van der Waals surface area contributed by atoms with E-state index in [0.29, 0.717) is 6.04 Å². The summed E-state index contributed by atoms with van der Waals surface area (Å²) in [6, 6.07) is 17.9. The standard InChI is InChI=1S/C20H25N/c1-15-11-12-19(16(2)13-15)20(18-9-4-3-5-10-18)21-14-17-7-6-8-17/h3-5,9-13,17,20-21H,6-8,14H2,1-2H3. The van der Waals surface area contributed by atoms with Crippen molar-refractivity contribution in [2.24, 2.45) is 5.92 Å². The molecule has 1 atom stereocenters. The van der Waals surface area contributed by atoms with E-state index in [2.05, 4.69) is 67.7 Å². The first-order valence-electron chi connectivity index (χ1n) is 8.09. The fraction of sp³-hybridized carbons (Fsp3) is 0.400. The third kappa shape index (κ3) is 3.36. The lowest BCUT2D eigenvalue weighted by Crippen LogP contribution is -2.31. The van der Waals surface area contributed by atoms with Crippen LogP contribution in [0.4, 0.5) is 0 Å². The van der Waals surface area contributed by atoms with E-state index in [1.165, 1.54) is 41.5 Å². The first-order valence-corrected chi connectivity index (χ1v) is 8.09. The molecule has 0 spiro atoms. The lowest BCUT2D eigenvalue weighted by atomic mass is 9.84. The summed E-state index contributed by atoms with van der Waals surface area (Å²) in [5.41, 5.74) is 5.49. The Morgan fingerprint density at radius 2 is 1.81 bits per heavy atom. The maximum atomic E-state index is 3.81. The van der Waals surface area contributed by atoms with Crippen LogP contribution in [-0.4, -0.2) is 6.54 Å². The molecule has 1 N–H and O–H groups in total. The molecule has 21 heavy (non-hydrogen) atoms. The Morgan fingerprint density at radius 1 is 1.05 bits per heavy atom. The van der Waals surface area contributed by atoms with E-state index in [-0.39, 0.29) is 0 Å². The van der Waals surface area contributed by atoms with Crippen LogP contribution < -0.4 is 5.32 Å². The fourth-order valence-electron chi connectivity index (χ4n) is 3.18. The predicted molar refractivity (Wildman–Crippen MR) is 89.5 cm³/mol. The third-order valence-corrected chi connectivity index (χ3v) is 4.70. The van der Waals surface area contributed by atoms with E-state index in [9.17, 15) is 0 Å². The Hall–Kier alpha value is -1.60. The van der Waals surface area contributed by atoms with Crippen molar-refractivity contribution in [2.75, 3.05) is 6.54 Å². The molecule has 0 aromatic heterocycles. The van der Waals surface area contributed by atoms with E-state index in [4.69, 9.17) is 0 Å². The number of hydrogen-bond acceptors (Lipinski definition) is 1. The van der Waals surface area contributed by atoms with Crippen molar-refractivity contribution >= 4 is 0 Å². The van der Waals surface area contributed by atoms with Gasteiger partial charge in [0.05, 0.1) is 6.04 Å². The van der Waals surface area contributed by atoms with Gasteiger partial charge in [0.25, 0.3) is 0 Å². The lowest BCUT2D eigenvalue weighted by Gasteiger charge is -2.29. The summed E-state index contributed by atoms with van der Waals surface area (Å²) in [6.45, 7) is 5.52. The van der Waals surface area contributed by atoms with Gasteiger partial charge in [-0.05, 0) is 55.8 Å². The van der Waals surface area contributed by atoms with Crippen molar-refractivity contribution < 1.29 is 0 Å². The minimum absolute atomic E-state index is 0.312. The zero-order valence-electron chi connectivity index (χ0n) is 13.1. The average Bonchev–Trinajstić information content (AvgIpc) is 2.44. The highest BCUT2D eigenvalue weighted by Gasteiger charge is 2.21. The minimum Gasteiger partial charge on any atom is -0.306 e. The van der Waals surface area contributed by atoms with Gasteiger partial charge < -0.3 is 5.32 Å². The van der Waals surface area contributed by atoms with Gasteiger partial charge >= 0.3 is 0 Å². The molecular formula is C20H25N. The van der Waals surface area contributed by atoms with Crippen LogP contribution in [-0.2, 0) is 0 Å². The number of benzene rings is 2. The molecular weight excluding hydrogens is 254 g/mol. The van der Waals surface area contributed by atoms with Crippen LogP contribution in [0, 0.1) is 19.8 Å². The monoisotopic (exact) mass is 279 g/mol. The van der Waals surface area contributed by atoms with Crippen LogP contribution in [0.1, 0.15) is 47.6 Å². The topological polar surface area (TPSA) is 12.0 Å². The molecule has 0 heterocycles. The summed E-state index contributed by atoms with van der Waals surface area (Å²) < 4.78 is 0. The van der Waals surface area contributed by atoms with Crippen LogP contribution in [0.15, 0.2) is 48.5 Å². The van der Waals surface area contributed by atoms with Crippen molar-refractivity contribution in [3.63, 3.8) is 0 Å². The zero-order chi connectivity index (χ0) is 14.7. The lowest BCUT2D eigenvalue weighted by molar-refractivity contribution is 0.295. The largest absolute Gasteiger partial charge is 0.306 e. The van der Waals surface area contributed by atoms with Gasteiger partial charge in [0.15, 0.2) is 0 Å². The summed E-state index contributed by atoms with van der Waals surface area (Å²) in [7, 11) is 0. The summed E-state index contributed by atoms with van der Waals surface area (Å²) in [4.78, 5) is 0. The molecule has 1 nitrogen and oxygen atoms in total. The summed E-state index contributed by atoms with van der Waals surface area (Å²) in [5, 5.41) is 3.81. The summed E-state index contributed by atoms with van der Waals surface area (Å²) in [5.74, 6) is 0.877. The maximum Gasteiger partial charge on any atom is 0.0579 e. The first kappa shape index (κ1) is 14.3. The number of rotatable bonds is 5. The highest BCUT2D eigenvalue weighted by atomic mass is 14.9. The molecule has 0 bridgehead atoms. The molecule has 0 radical (unpaired) electrons. The van der Waals surface area contributed by atoms with Crippen molar-refractivity contribution in [2.45, 2.75) is 39.2 Å². The summed E-state index contributed by atoms with van der Waals surface area (Å²) >= 11 is 0. The van der Waals surface area contributed by atoms with E-state index in [1.54, 1.807) is 0 Å². The molecule has 1 aliphatic rings. The van der Waals surface area contributed by atoms with Crippen LogP contribution in [0.3, 0.4) is 0 Å². The highest BCUT2D eigenvalue weighted by molar-refractivity contribution is 5.38. The molecule has 3 rings (SSSR count). The van der Waals surface area contributed by atoms with Gasteiger partial charge in [0.2, 0.25) is 0 Å². The van der Waals surface area contributed by atoms with Crippen LogP contribution in [0.25, 0.3) is 0 Å². The second kappa shape index (κ2) is 6.44. The second-order valence-electron chi connectivity index (χ2n) is 6.41. The second-order valence-corrected chi connectivity index (χ2v) is 6.41. The molecule has 0 amide bonds. The Labute approximate surface area is 128 Å². The van der Waals surface area contributed by atoms with Crippen LogP contribution in [0.5, 0.6) is 0 Å². The number of nitrogens with one attached hydrogen (secondary N) is 1. The smallest absolute Gasteiger partial charge is 0.0579 e. The predicted octanol–water partition coefficient (Wildman–Crippen LogP) is 4.78. The average molecular weight is 279 g/mol. The summed E-state index contributed by atoms with van der Waals surface area (Å²) in [6.07, 6.45) is 4.19. The molecule has 0 aliphatic heterocycles. The Morgan fingerprint density at radius 3 is 2.43 bits per heavy atom. The third-order valence-electron chi connectivity index (χ3n) is 4.70. The maximum absolute atomic E-state index is 3.81. The SMILES string of the molecule is Cc1ccc(C(NCC2CCC2)c2ccccc2)c(C)c1. The Kier molecular flexibility index (Phi) is 4.40. The number of hydrogen-bond donors (Lipinski definition) is 1. The molecule has 1 heteroatoms. The van der Waals surface area contributed by atoms with Gasteiger partial charge in [-0.25, -0.2) is 0 Å². The molecule has 1 saturated carbocycles. The van der Waals surface area contributed by atoms with Crippen molar-refractivity contribution in [3.05, 3.63) is 70.8 Å². The van der Waals surface area contributed by atoms with E-state index >= 15 is 0 Å². The fourth-order valence-corrected chi connectivity index (χ4v) is 3.18. The Balaban J connectivity index is 1.87. The first-order chi connectivity index (χ1) is 10.2. The molecule has 1 aliphatic carbocycles. The van der Waals surface area contributed by atoms with E-state index < -0.39 is 0 Å². The van der Waals surface area contributed by atoms with Gasteiger partial charge in [-0.15, -0.1) is 0 Å². The zero-order valence-corrected chi connectivity index (χ0v) is 13.1. The molecule has 0 saturated heterocycles. The molecule has 1 unspecified atom stereocenters. The van der Waals surface area contributed by atoms with E-state index in [1.807, 2.05) is 0 Å².